The summed E-state index contributed by atoms with van der Waals surface area (Å²) in [6, 6.07) is 8.58. The highest BCUT2D eigenvalue weighted by atomic mass is 32.1. The monoisotopic (exact) mass is 383 g/mol. The van der Waals surface area contributed by atoms with Crippen molar-refractivity contribution in [2.24, 2.45) is 0 Å². The number of nitrogens with one attached hydrogen (secondary N) is 1. The fourth-order valence-electron chi connectivity index (χ4n) is 2.72. The molecule has 0 amide bonds. The van der Waals surface area contributed by atoms with Crippen molar-refractivity contribution in [3.8, 4) is 11.3 Å². The zero-order chi connectivity index (χ0) is 19.2. The third kappa shape index (κ3) is 4.89. The number of aliphatic carboxylic acids is 2. The molecule has 0 spiro atoms. The molecule has 27 heavy (non-hydrogen) atoms. The second-order valence-electron chi connectivity index (χ2n) is 5.76. The van der Waals surface area contributed by atoms with Gasteiger partial charge < -0.3 is 15.2 Å². The number of rotatable bonds is 5. The van der Waals surface area contributed by atoms with Crippen LogP contribution >= 0.6 is 11.3 Å². The van der Waals surface area contributed by atoms with Crippen LogP contribution in [-0.4, -0.2) is 37.1 Å². The number of carboxylic acid groups (broad SMARTS) is 2. The summed E-state index contributed by atoms with van der Waals surface area (Å²) in [6.07, 6.45) is 7.73. The first-order valence-corrected chi connectivity index (χ1v) is 9.03. The van der Waals surface area contributed by atoms with E-state index in [-0.39, 0.29) is 0 Å². The molecule has 2 heterocycles. The summed E-state index contributed by atoms with van der Waals surface area (Å²) in [4.78, 5) is 32.7. The number of thiazole rings is 1. The van der Waals surface area contributed by atoms with Crippen LogP contribution in [0, 0.1) is 0 Å². The van der Waals surface area contributed by atoms with Crippen LogP contribution in [0.5, 0.6) is 0 Å². The summed E-state index contributed by atoms with van der Waals surface area (Å²) < 4.78 is 0. The van der Waals surface area contributed by atoms with E-state index in [2.05, 4.69) is 34.2 Å². The van der Waals surface area contributed by atoms with E-state index in [1.165, 1.54) is 26.7 Å². The van der Waals surface area contributed by atoms with E-state index in [9.17, 15) is 9.59 Å². The van der Waals surface area contributed by atoms with Gasteiger partial charge in [-0.25, -0.2) is 19.6 Å². The molecule has 3 aromatic rings. The largest absolute Gasteiger partial charge is 0.478 e. The van der Waals surface area contributed by atoms with E-state index >= 15 is 0 Å². The Morgan fingerprint density at radius 2 is 1.89 bits per heavy atom. The summed E-state index contributed by atoms with van der Waals surface area (Å²) in [5, 5.41) is 16.8. The third-order valence-corrected chi connectivity index (χ3v) is 4.98. The average Bonchev–Trinajstić information content (AvgIpc) is 3.34. The molecule has 7 nitrogen and oxygen atoms in total. The number of aryl methyl sites for hydroxylation is 2. The number of hydrogen-bond donors (Lipinski definition) is 3. The Hall–Kier alpha value is -3.26. The Morgan fingerprint density at radius 3 is 2.56 bits per heavy atom. The van der Waals surface area contributed by atoms with Crippen molar-refractivity contribution < 1.29 is 19.8 Å². The van der Waals surface area contributed by atoms with E-state index in [0.29, 0.717) is 12.2 Å². The van der Waals surface area contributed by atoms with Crippen molar-refractivity contribution in [2.45, 2.75) is 19.3 Å². The van der Waals surface area contributed by atoms with Gasteiger partial charge in [0.15, 0.2) is 0 Å². The molecule has 1 aliphatic carbocycles. The van der Waals surface area contributed by atoms with Gasteiger partial charge in [0, 0.05) is 54.2 Å². The van der Waals surface area contributed by atoms with Crippen LogP contribution in [0.1, 0.15) is 21.3 Å². The lowest BCUT2D eigenvalue weighted by Gasteiger charge is -1.98. The van der Waals surface area contributed by atoms with Gasteiger partial charge in [0.25, 0.3) is 0 Å². The molecular weight excluding hydrogens is 366 g/mol. The highest BCUT2D eigenvalue weighted by Crippen LogP contribution is 2.39. The highest BCUT2D eigenvalue weighted by Gasteiger charge is 2.22. The third-order valence-electron chi connectivity index (χ3n) is 3.86. The molecule has 0 radical (unpaired) electrons. The van der Waals surface area contributed by atoms with Gasteiger partial charge in [-0.05, 0) is 5.56 Å². The van der Waals surface area contributed by atoms with Crippen molar-refractivity contribution in [2.75, 3.05) is 0 Å². The lowest BCUT2D eigenvalue weighted by molar-refractivity contribution is -0.134. The molecule has 0 saturated carbocycles. The summed E-state index contributed by atoms with van der Waals surface area (Å²) in [5.41, 5.74) is 3.93. The summed E-state index contributed by atoms with van der Waals surface area (Å²) >= 11 is 1.85. The molecule has 0 bridgehead atoms. The molecule has 2 aromatic heterocycles. The number of H-pyrrole nitrogens is 1. The van der Waals surface area contributed by atoms with Crippen molar-refractivity contribution in [1.82, 2.24) is 15.0 Å². The maximum absolute atomic E-state index is 9.55. The number of hydrogen-bond acceptors (Lipinski definition) is 5. The van der Waals surface area contributed by atoms with Gasteiger partial charge in [0.2, 0.25) is 0 Å². The van der Waals surface area contributed by atoms with Crippen molar-refractivity contribution in [3.63, 3.8) is 0 Å². The molecule has 4 rings (SSSR count). The van der Waals surface area contributed by atoms with Gasteiger partial charge in [-0.15, -0.1) is 11.3 Å². The smallest absolute Gasteiger partial charge is 0.328 e. The van der Waals surface area contributed by atoms with Crippen LogP contribution in [0.3, 0.4) is 0 Å². The Labute approximate surface area is 159 Å². The molecule has 8 heteroatoms. The van der Waals surface area contributed by atoms with Crippen LogP contribution < -0.4 is 0 Å². The van der Waals surface area contributed by atoms with Crippen LogP contribution in [0.15, 0.2) is 48.8 Å². The van der Waals surface area contributed by atoms with Crippen molar-refractivity contribution in [1.29, 1.82) is 0 Å². The van der Waals surface area contributed by atoms with E-state index in [1.807, 2.05) is 17.5 Å². The molecule has 0 unspecified atom stereocenters. The highest BCUT2D eigenvalue weighted by molar-refractivity contribution is 7.12. The minimum Gasteiger partial charge on any atom is -0.478 e. The second kappa shape index (κ2) is 8.41. The van der Waals surface area contributed by atoms with Crippen LogP contribution in [-0.2, 0) is 28.9 Å². The summed E-state index contributed by atoms with van der Waals surface area (Å²) in [7, 11) is 0. The number of aromatic nitrogens is 3. The molecule has 0 aliphatic heterocycles. The Morgan fingerprint density at radius 1 is 1.15 bits per heavy atom. The van der Waals surface area contributed by atoms with Crippen molar-refractivity contribution >= 4 is 23.3 Å². The maximum atomic E-state index is 9.55. The number of nitrogens with zero attached hydrogens (tertiary/aromatic N) is 2. The normalized spacial score (nSPS) is 11.6. The maximum Gasteiger partial charge on any atom is 0.328 e. The number of carboxylic acids is 2. The average molecular weight is 383 g/mol. The predicted molar refractivity (Wildman–Crippen MR) is 101 cm³/mol. The fourth-order valence-corrected chi connectivity index (χ4v) is 3.82. The molecule has 1 aromatic carbocycles. The van der Waals surface area contributed by atoms with Gasteiger partial charge >= 0.3 is 11.9 Å². The van der Waals surface area contributed by atoms with Gasteiger partial charge in [0.1, 0.15) is 5.82 Å². The first-order chi connectivity index (χ1) is 13.0. The lowest BCUT2D eigenvalue weighted by atomic mass is 10.1. The molecule has 1 aliphatic rings. The summed E-state index contributed by atoms with van der Waals surface area (Å²) in [6.45, 7) is 0. The number of fused-ring (bicyclic) bond motifs is 3. The second-order valence-corrected chi connectivity index (χ2v) is 6.93. The molecular formula is C19H17N3O4S. The zero-order valence-electron chi connectivity index (χ0n) is 14.3. The lowest BCUT2D eigenvalue weighted by Crippen LogP contribution is -1.93. The SMILES string of the molecule is O=C(O)/C=C/C(=O)O.c1ccc2c(c1)Cc1sc(CCc3ncc[nH]3)nc1-2. The van der Waals surface area contributed by atoms with E-state index in [1.54, 1.807) is 6.20 Å². The van der Waals surface area contributed by atoms with Gasteiger partial charge in [-0.2, -0.15) is 0 Å². The fraction of sp³-hybridized carbons (Fsp3) is 0.158. The number of aromatic amines is 1. The van der Waals surface area contributed by atoms with E-state index in [0.717, 1.165) is 25.1 Å². The number of carbonyl (C=O) groups is 2. The van der Waals surface area contributed by atoms with Crippen LogP contribution in [0.4, 0.5) is 0 Å². The first-order valence-electron chi connectivity index (χ1n) is 8.22. The Balaban J connectivity index is 0.000000226. The first kappa shape index (κ1) is 18.5. The zero-order valence-corrected chi connectivity index (χ0v) is 15.1. The number of benzene rings is 1. The quantitative estimate of drug-likeness (QED) is 0.456. The molecule has 0 atom stereocenters. The standard InChI is InChI=1S/C15H13N3S.C4H4O4/c1-2-4-11-10(3-1)9-12-15(11)18-14(19-12)6-5-13-16-7-8-17-13;5-3(6)1-2-4(7)8/h1-4,7-8H,5-6,9H2,(H,16,17);1-2H,(H,5,6)(H,7,8)/b;2-1+. The molecule has 3 N–H and O–H groups in total. The topological polar surface area (TPSA) is 116 Å². The van der Waals surface area contributed by atoms with Gasteiger partial charge in [0.05, 0.1) is 10.7 Å². The van der Waals surface area contributed by atoms with Crippen molar-refractivity contribution in [3.05, 3.63) is 70.1 Å². The predicted octanol–water partition coefficient (Wildman–Crippen LogP) is 2.93. The molecule has 0 fully saturated rings. The van der Waals surface area contributed by atoms with Crippen LogP contribution in [0.2, 0.25) is 0 Å². The van der Waals surface area contributed by atoms with E-state index in [4.69, 9.17) is 15.2 Å². The van der Waals surface area contributed by atoms with Gasteiger partial charge in [-0.3, -0.25) is 0 Å². The Kier molecular flexibility index (Phi) is 5.77. The molecule has 138 valence electrons. The molecule has 0 saturated heterocycles. The minimum absolute atomic E-state index is 0.558. The van der Waals surface area contributed by atoms with Gasteiger partial charge in [-0.1, -0.05) is 24.3 Å². The Bertz CT molecular complexity index is 961. The summed E-state index contributed by atoms with van der Waals surface area (Å²) in [5.74, 6) is -1.48. The van der Waals surface area contributed by atoms with E-state index < -0.39 is 11.9 Å². The number of imidazole rings is 1. The van der Waals surface area contributed by atoms with Crippen LogP contribution in [0.25, 0.3) is 11.3 Å². The minimum atomic E-state index is -1.26.